The summed E-state index contributed by atoms with van der Waals surface area (Å²) in [4.78, 5) is 28.0. The number of carbonyl (C=O) groups is 2. The van der Waals surface area contributed by atoms with Gasteiger partial charge >= 0.3 is 5.91 Å². The first-order chi connectivity index (χ1) is 18.0. The molecule has 2 aromatic carbocycles. The summed E-state index contributed by atoms with van der Waals surface area (Å²) >= 11 is 1.20. The first-order valence-corrected chi connectivity index (χ1v) is 13.0. The highest BCUT2D eigenvalue weighted by Crippen LogP contribution is 2.44. The third-order valence-electron chi connectivity index (χ3n) is 6.17. The minimum atomic E-state index is -0.917. The lowest BCUT2D eigenvalue weighted by Gasteiger charge is -2.23. The topological polar surface area (TPSA) is 111 Å². The summed E-state index contributed by atoms with van der Waals surface area (Å²) in [6.07, 6.45) is 3.07. The fraction of sp³-hybridized carbons (Fsp3) is 0.333. The maximum absolute atomic E-state index is 13.4. The van der Waals surface area contributed by atoms with Gasteiger partial charge in [0.1, 0.15) is 29.7 Å². The predicted molar refractivity (Wildman–Crippen MR) is 138 cm³/mol. The Hall–Kier alpha value is -3.92. The zero-order chi connectivity index (χ0) is 25.9. The Labute approximate surface area is 218 Å². The molecule has 192 valence electrons. The van der Waals surface area contributed by atoms with Crippen LogP contribution < -0.4 is 19.1 Å². The van der Waals surface area contributed by atoms with E-state index < -0.39 is 17.7 Å². The number of amides is 1. The molecule has 3 heterocycles. The summed E-state index contributed by atoms with van der Waals surface area (Å²) in [5.74, 6) is -0.264. The number of benzene rings is 2. The first-order valence-electron chi connectivity index (χ1n) is 12.2. The van der Waals surface area contributed by atoms with E-state index >= 15 is 0 Å². The van der Waals surface area contributed by atoms with Crippen molar-refractivity contribution in [2.24, 2.45) is 0 Å². The second-order valence-electron chi connectivity index (χ2n) is 8.76. The van der Waals surface area contributed by atoms with Gasteiger partial charge in [0.15, 0.2) is 11.5 Å². The van der Waals surface area contributed by atoms with E-state index in [0.717, 1.165) is 19.3 Å². The summed E-state index contributed by atoms with van der Waals surface area (Å²) in [5.41, 5.74) is 0.907. The molecule has 1 N–H and O–H groups in total. The van der Waals surface area contributed by atoms with Crippen LogP contribution in [-0.2, 0) is 9.59 Å². The van der Waals surface area contributed by atoms with Gasteiger partial charge in [-0.15, -0.1) is 10.2 Å². The van der Waals surface area contributed by atoms with E-state index in [1.807, 2.05) is 6.07 Å². The fourth-order valence-corrected chi connectivity index (χ4v) is 5.11. The molecule has 5 rings (SSSR count). The zero-order valence-corrected chi connectivity index (χ0v) is 21.4. The molecule has 0 saturated carbocycles. The van der Waals surface area contributed by atoms with E-state index in [0.29, 0.717) is 53.2 Å². The fourth-order valence-electron chi connectivity index (χ4n) is 4.39. The van der Waals surface area contributed by atoms with Crippen LogP contribution in [0.2, 0.25) is 0 Å². The number of unbranched alkanes of at least 4 members (excludes halogenated alkanes) is 2. The molecule has 37 heavy (non-hydrogen) atoms. The van der Waals surface area contributed by atoms with Crippen molar-refractivity contribution in [2.45, 2.75) is 39.2 Å². The van der Waals surface area contributed by atoms with Crippen molar-refractivity contribution in [1.82, 2.24) is 10.2 Å². The Balaban J connectivity index is 1.60. The maximum atomic E-state index is 13.4. The van der Waals surface area contributed by atoms with Crippen molar-refractivity contribution < 1.29 is 28.9 Å². The van der Waals surface area contributed by atoms with Gasteiger partial charge in [-0.25, -0.2) is 0 Å². The van der Waals surface area contributed by atoms with Gasteiger partial charge in [0.2, 0.25) is 5.13 Å². The van der Waals surface area contributed by atoms with Crippen LogP contribution in [0, 0.1) is 6.92 Å². The smallest absolute Gasteiger partial charge is 0.301 e. The zero-order valence-electron chi connectivity index (χ0n) is 20.6. The number of ketones is 1. The number of rotatable bonds is 8. The third kappa shape index (κ3) is 4.89. The van der Waals surface area contributed by atoms with Gasteiger partial charge in [0.05, 0.1) is 18.2 Å². The SMILES string of the molecule is CCCCCOc1cccc(C2/C(=C(/O)c3ccc4c(c3)OCCO4)C(=O)C(=O)N2c2nnc(C)s2)c1. The molecule has 3 aromatic rings. The van der Waals surface area contributed by atoms with Crippen LogP contribution in [0.3, 0.4) is 0 Å². The van der Waals surface area contributed by atoms with Gasteiger partial charge in [-0.2, -0.15) is 0 Å². The molecule has 0 radical (unpaired) electrons. The number of hydrogen-bond donors (Lipinski definition) is 1. The summed E-state index contributed by atoms with van der Waals surface area (Å²) in [6, 6.07) is 11.2. The van der Waals surface area contributed by atoms with E-state index in [1.54, 1.807) is 43.3 Å². The van der Waals surface area contributed by atoms with Crippen LogP contribution in [0.1, 0.15) is 48.4 Å². The number of carbonyl (C=O) groups excluding carboxylic acids is 2. The number of fused-ring (bicyclic) bond motifs is 1. The molecule has 1 fully saturated rings. The quantitative estimate of drug-likeness (QED) is 0.195. The number of aliphatic hydroxyl groups is 1. The van der Waals surface area contributed by atoms with Crippen molar-refractivity contribution in [3.05, 3.63) is 64.2 Å². The molecule has 1 unspecified atom stereocenters. The van der Waals surface area contributed by atoms with E-state index in [2.05, 4.69) is 17.1 Å². The maximum Gasteiger partial charge on any atom is 0.301 e. The largest absolute Gasteiger partial charge is 0.507 e. The van der Waals surface area contributed by atoms with Crippen molar-refractivity contribution in [3.8, 4) is 17.2 Å². The molecule has 0 bridgehead atoms. The first kappa shape index (κ1) is 24.8. The number of aryl methyl sites for hydroxylation is 1. The monoisotopic (exact) mass is 521 g/mol. The molecule has 1 aromatic heterocycles. The van der Waals surface area contributed by atoms with Crippen molar-refractivity contribution in [2.75, 3.05) is 24.7 Å². The number of aliphatic hydroxyl groups excluding tert-OH is 1. The van der Waals surface area contributed by atoms with Gasteiger partial charge in [0.25, 0.3) is 5.78 Å². The molecule has 9 nitrogen and oxygen atoms in total. The molecule has 1 amide bonds. The number of nitrogens with zero attached hydrogens (tertiary/aromatic N) is 3. The second kappa shape index (κ2) is 10.6. The normalized spacial score (nSPS) is 18.3. The van der Waals surface area contributed by atoms with Gasteiger partial charge in [-0.05, 0) is 49.2 Å². The lowest BCUT2D eigenvalue weighted by molar-refractivity contribution is -0.132. The molecule has 2 aliphatic rings. The van der Waals surface area contributed by atoms with Crippen LogP contribution >= 0.6 is 11.3 Å². The summed E-state index contributed by atoms with van der Waals surface area (Å²) in [7, 11) is 0. The standard InChI is InChI=1S/C27H27N3O6S/c1-3-4-5-11-34-19-8-6-7-17(14-19)23-22(25(32)26(33)30(23)27-29-28-16(2)37-27)24(31)18-9-10-20-21(15-18)36-13-12-35-20/h6-10,14-15,23,31H,3-5,11-13H2,1-2H3/b24-22-. The third-order valence-corrected chi connectivity index (χ3v) is 7.01. The molecule has 1 saturated heterocycles. The Morgan fingerprint density at radius 1 is 1.11 bits per heavy atom. The number of anilines is 1. The lowest BCUT2D eigenvalue weighted by Crippen LogP contribution is -2.29. The predicted octanol–water partition coefficient (Wildman–Crippen LogP) is 4.81. The molecular formula is C27H27N3O6S. The van der Waals surface area contributed by atoms with E-state index in [1.165, 1.54) is 16.2 Å². The van der Waals surface area contributed by atoms with Crippen LogP contribution in [0.15, 0.2) is 48.0 Å². The van der Waals surface area contributed by atoms with Crippen molar-refractivity contribution in [1.29, 1.82) is 0 Å². The number of Topliss-reactive ketones (excluding diaryl/α,β-unsaturated/α-hetero) is 1. The van der Waals surface area contributed by atoms with Crippen LogP contribution in [0.4, 0.5) is 5.13 Å². The average Bonchev–Trinajstić information content (AvgIpc) is 3.46. The molecule has 0 aliphatic carbocycles. The minimum Gasteiger partial charge on any atom is -0.507 e. The Bertz CT molecular complexity index is 1370. The van der Waals surface area contributed by atoms with E-state index in [-0.39, 0.29) is 16.5 Å². The van der Waals surface area contributed by atoms with Crippen LogP contribution in [0.25, 0.3) is 5.76 Å². The minimum absolute atomic E-state index is 0.0438. The van der Waals surface area contributed by atoms with Gasteiger partial charge in [0, 0.05) is 5.56 Å². The molecule has 0 spiro atoms. The lowest BCUT2D eigenvalue weighted by atomic mass is 9.95. The Morgan fingerprint density at radius 3 is 2.68 bits per heavy atom. The highest BCUT2D eigenvalue weighted by molar-refractivity contribution is 7.15. The molecule has 1 atom stereocenters. The van der Waals surface area contributed by atoms with Crippen LogP contribution in [-0.4, -0.2) is 46.8 Å². The summed E-state index contributed by atoms with van der Waals surface area (Å²) in [5, 5.41) is 20.5. The van der Waals surface area contributed by atoms with Gasteiger partial charge in [-0.3, -0.25) is 14.5 Å². The van der Waals surface area contributed by atoms with E-state index in [9.17, 15) is 14.7 Å². The Morgan fingerprint density at radius 2 is 1.92 bits per heavy atom. The van der Waals surface area contributed by atoms with E-state index in [4.69, 9.17) is 14.2 Å². The molecular weight excluding hydrogens is 494 g/mol. The second-order valence-corrected chi connectivity index (χ2v) is 9.92. The Kier molecular flexibility index (Phi) is 7.09. The highest BCUT2D eigenvalue weighted by atomic mass is 32.1. The molecule has 10 heteroatoms. The average molecular weight is 522 g/mol. The van der Waals surface area contributed by atoms with Crippen molar-refractivity contribution in [3.63, 3.8) is 0 Å². The number of ether oxygens (including phenoxy) is 3. The summed E-state index contributed by atoms with van der Waals surface area (Å²) < 4.78 is 17.1. The van der Waals surface area contributed by atoms with Crippen LogP contribution in [0.5, 0.6) is 17.2 Å². The molecule has 2 aliphatic heterocycles. The number of aromatic nitrogens is 2. The highest BCUT2D eigenvalue weighted by Gasteiger charge is 2.48. The van der Waals surface area contributed by atoms with Gasteiger partial charge < -0.3 is 19.3 Å². The van der Waals surface area contributed by atoms with Gasteiger partial charge in [-0.1, -0.05) is 43.2 Å². The van der Waals surface area contributed by atoms with Crippen molar-refractivity contribution >= 4 is 33.9 Å². The summed E-state index contributed by atoms with van der Waals surface area (Å²) in [6.45, 7) is 5.27. The number of hydrogen-bond acceptors (Lipinski definition) is 9.